The fourth-order valence-electron chi connectivity index (χ4n) is 2.65. The zero-order chi connectivity index (χ0) is 13.2. The molecule has 1 unspecified atom stereocenters. The van der Waals surface area contributed by atoms with Crippen LogP contribution in [0.5, 0.6) is 0 Å². The summed E-state index contributed by atoms with van der Waals surface area (Å²) in [5.74, 6) is 1.38. The third-order valence-corrected chi connectivity index (χ3v) is 4.34. The number of ether oxygens (including phenoxy) is 1. The molecular weight excluding hydrogens is 328 g/mol. The van der Waals surface area contributed by atoms with E-state index in [2.05, 4.69) is 31.5 Å². The highest BCUT2D eigenvalue weighted by Crippen LogP contribution is 2.23. The Kier molecular flexibility index (Phi) is 4.10. The second-order valence-corrected chi connectivity index (χ2v) is 6.05. The van der Waals surface area contributed by atoms with Gasteiger partial charge in [0.15, 0.2) is 0 Å². The predicted octanol–water partition coefficient (Wildman–Crippen LogP) is 4.11. The van der Waals surface area contributed by atoms with Crippen molar-refractivity contribution in [3.05, 3.63) is 28.5 Å². The van der Waals surface area contributed by atoms with Crippen LogP contribution in [-0.4, -0.2) is 22.3 Å². The molecular formula is C14H16BrClN2O. The van der Waals surface area contributed by atoms with E-state index >= 15 is 0 Å². The van der Waals surface area contributed by atoms with Gasteiger partial charge < -0.3 is 9.30 Å². The number of imidazole rings is 1. The Balaban J connectivity index is 1.87. The Labute approximate surface area is 126 Å². The van der Waals surface area contributed by atoms with E-state index in [1.165, 1.54) is 12.8 Å². The number of rotatable bonds is 4. The van der Waals surface area contributed by atoms with Crippen LogP contribution in [0, 0.1) is 0 Å². The van der Waals surface area contributed by atoms with Gasteiger partial charge in [-0.05, 0) is 37.5 Å². The summed E-state index contributed by atoms with van der Waals surface area (Å²) in [5, 5.41) is 0. The maximum atomic E-state index is 6.01. The minimum atomic E-state index is 0.399. The van der Waals surface area contributed by atoms with E-state index in [4.69, 9.17) is 16.3 Å². The van der Waals surface area contributed by atoms with Crippen LogP contribution in [0.4, 0.5) is 0 Å². The van der Waals surface area contributed by atoms with Crippen molar-refractivity contribution >= 4 is 38.6 Å². The van der Waals surface area contributed by atoms with Crippen LogP contribution in [0.3, 0.4) is 0 Å². The van der Waals surface area contributed by atoms with Gasteiger partial charge in [0.25, 0.3) is 0 Å². The van der Waals surface area contributed by atoms with Crippen molar-refractivity contribution in [2.75, 3.05) is 6.61 Å². The number of hydrogen-bond acceptors (Lipinski definition) is 2. The molecule has 1 aliphatic heterocycles. The number of nitrogens with zero attached hydrogens (tertiary/aromatic N) is 2. The highest BCUT2D eigenvalue weighted by atomic mass is 79.9. The lowest BCUT2D eigenvalue weighted by atomic mass is 10.2. The summed E-state index contributed by atoms with van der Waals surface area (Å²) in [5.41, 5.74) is 2.15. The smallest absolute Gasteiger partial charge is 0.124 e. The molecule has 0 spiro atoms. The maximum Gasteiger partial charge on any atom is 0.124 e. The predicted molar refractivity (Wildman–Crippen MR) is 80.6 cm³/mol. The average molecular weight is 344 g/mol. The fraction of sp³-hybridized carbons (Fsp3) is 0.500. The summed E-state index contributed by atoms with van der Waals surface area (Å²) in [6.07, 6.45) is 3.79. The first-order valence-corrected chi connectivity index (χ1v) is 7.93. The minimum Gasteiger partial charge on any atom is -0.378 e. The van der Waals surface area contributed by atoms with E-state index in [0.717, 1.165) is 40.9 Å². The highest BCUT2D eigenvalue weighted by molar-refractivity contribution is 9.10. The molecule has 2 aromatic rings. The van der Waals surface area contributed by atoms with Crippen molar-refractivity contribution in [1.29, 1.82) is 0 Å². The molecule has 1 fully saturated rings. The number of aromatic nitrogens is 2. The van der Waals surface area contributed by atoms with Crippen molar-refractivity contribution < 1.29 is 4.74 Å². The van der Waals surface area contributed by atoms with Crippen LogP contribution in [0.1, 0.15) is 25.1 Å². The lowest BCUT2D eigenvalue weighted by Gasteiger charge is -2.12. The number of hydrogen-bond donors (Lipinski definition) is 0. The molecule has 1 aliphatic rings. The van der Waals surface area contributed by atoms with Crippen molar-refractivity contribution in [2.45, 2.75) is 37.8 Å². The highest BCUT2D eigenvalue weighted by Gasteiger charge is 2.17. The van der Waals surface area contributed by atoms with Crippen LogP contribution >= 0.6 is 27.5 Å². The number of halogens is 2. The van der Waals surface area contributed by atoms with Crippen LogP contribution in [0.2, 0.25) is 0 Å². The first kappa shape index (κ1) is 13.4. The molecule has 1 aromatic heterocycles. The van der Waals surface area contributed by atoms with Gasteiger partial charge in [-0.3, -0.25) is 0 Å². The molecule has 5 heteroatoms. The summed E-state index contributed by atoms with van der Waals surface area (Å²) in [7, 11) is 0. The van der Waals surface area contributed by atoms with Crippen molar-refractivity contribution in [1.82, 2.24) is 9.55 Å². The maximum absolute atomic E-state index is 6.01. The van der Waals surface area contributed by atoms with Gasteiger partial charge in [0, 0.05) is 17.6 Å². The van der Waals surface area contributed by atoms with Crippen molar-refractivity contribution in [3.63, 3.8) is 0 Å². The van der Waals surface area contributed by atoms with E-state index in [1.807, 2.05) is 12.1 Å². The molecule has 1 saturated heterocycles. The molecule has 0 N–H and O–H groups in total. The van der Waals surface area contributed by atoms with Gasteiger partial charge in [-0.25, -0.2) is 4.98 Å². The van der Waals surface area contributed by atoms with Gasteiger partial charge in [-0.15, -0.1) is 11.6 Å². The Morgan fingerprint density at radius 3 is 3.11 bits per heavy atom. The Morgan fingerprint density at radius 1 is 1.47 bits per heavy atom. The van der Waals surface area contributed by atoms with Crippen LogP contribution in [0.15, 0.2) is 22.7 Å². The van der Waals surface area contributed by atoms with Gasteiger partial charge >= 0.3 is 0 Å². The van der Waals surface area contributed by atoms with E-state index in [-0.39, 0.29) is 0 Å². The third-order valence-electron chi connectivity index (χ3n) is 3.61. The number of fused-ring (bicyclic) bond motifs is 1. The first-order chi connectivity index (χ1) is 9.28. The molecule has 0 amide bonds. The summed E-state index contributed by atoms with van der Waals surface area (Å²) < 4.78 is 8.95. The average Bonchev–Trinajstić information content (AvgIpc) is 3.02. The summed E-state index contributed by atoms with van der Waals surface area (Å²) in [6.45, 7) is 1.83. The van der Waals surface area contributed by atoms with Crippen LogP contribution < -0.4 is 0 Å². The zero-order valence-electron chi connectivity index (χ0n) is 10.6. The Bertz CT molecular complexity index is 578. The number of benzene rings is 1. The molecule has 0 radical (unpaired) electrons. The molecule has 3 nitrogen and oxygen atoms in total. The number of alkyl halides is 1. The minimum absolute atomic E-state index is 0.399. The molecule has 0 saturated carbocycles. The molecule has 0 bridgehead atoms. The molecule has 3 rings (SSSR count). The normalized spacial score (nSPS) is 19.4. The lowest BCUT2D eigenvalue weighted by Crippen LogP contribution is -2.11. The van der Waals surface area contributed by atoms with E-state index in [1.54, 1.807) is 0 Å². The first-order valence-electron chi connectivity index (χ1n) is 6.60. The van der Waals surface area contributed by atoms with Crippen LogP contribution in [0.25, 0.3) is 11.0 Å². The monoisotopic (exact) mass is 342 g/mol. The summed E-state index contributed by atoms with van der Waals surface area (Å²) in [6, 6.07) is 6.18. The Hall–Kier alpha value is -0.580. The summed E-state index contributed by atoms with van der Waals surface area (Å²) >= 11 is 9.49. The third kappa shape index (κ3) is 2.81. The second kappa shape index (κ2) is 5.81. The molecule has 0 aliphatic carbocycles. The van der Waals surface area contributed by atoms with Gasteiger partial charge in [-0.2, -0.15) is 0 Å². The lowest BCUT2D eigenvalue weighted by molar-refractivity contribution is 0.100. The molecule has 1 atom stereocenters. The van der Waals surface area contributed by atoms with E-state index < -0.39 is 0 Å². The van der Waals surface area contributed by atoms with E-state index in [9.17, 15) is 0 Å². The van der Waals surface area contributed by atoms with Crippen molar-refractivity contribution in [2.24, 2.45) is 0 Å². The fourth-order valence-corrected chi connectivity index (χ4v) is 3.20. The quantitative estimate of drug-likeness (QED) is 0.781. The standard InChI is InChI=1S/C14H16BrClN2O/c15-10-3-4-13-12(8-10)17-14(9-16)18(13)6-5-11-2-1-7-19-11/h3-4,8,11H,1-2,5-7,9H2. The van der Waals surface area contributed by atoms with Gasteiger partial charge in [0.1, 0.15) is 5.82 Å². The molecule has 19 heavy (non-hydrogen) atoms. The molecule has 1 aromatic carbocycles. The summed E-state index contributed by atoms with van der Waals surface area (Å²) in [4.78, 5) is 4.60. The van der Waals surface area contributed by atoms with Crippen LogP contribution in [-0.2, 0) is 17.2 Å². The number of aryl methyl sites for hydroxylation is 1. The second-order valence-electron chi connectivity index (χ2n) is 4.87. The van der Waals surface area contributed by atoms with Gasteiger partial charge in [0.2, 0.25) is 0 Å². The Morgan fingerprint density at radius 2 is 2.37 bits per heavy atom. The molecule has 102 valence electrons. The van der Waals surface area contributed by atoms with Gasteiger partial charge in [0.05, 0.1) is 23.0 Å². The zero-order valence-corrected chi connectivity index (χ0v) is 13.0. The van der Waals surface area contributed by atoms with Gasteiger partial charge in [-0.1, -0.05) is 15.9 Å². The molecule has 2 heterocycles. The topological polar surface area (TPSA) is 27.1 Å². The van der Waals surface area contributed by atoms with E-state index in [0.29, 0.717) is 12.0 Å². The largest absolute Gasteiger partial charge is 0.378 e. The SMILES string of the molecule is ClCc1nc2cc(Br)ccc2n1CCC1CCCO1. The van der Waals surface area contributed by atoms with Crippen molar-refractivity contribution in [3.8, 4) is 0 Å².